The fourth-order valence-corrected chi connectivity index (χ4v) is 6.16. The highest BCUT2D eigenvalue weighted by molar-refractivity contribution is 6.42. The SMILES string of the molecule is C[C@@H]1OCC2(CCN(C3NC4NNC(c5c(F)ccc(Cl)c5Cl)C4C(=O)N3C)CC2)[C@@H]1N. The van der Waals surface area contributed by atoms with E-state index in [2.05, 4.69) is 21.1 Å². The van der Waals surface area contributed by atoms with E-state index in [9.17, 15) is 9.18 Å². The number of carbonyl (C=O) groups is 1. The maximum Gasteiger partial charge on any atom is 0.232 e. The van der Waals surface area contributed by atoms with E-state index < -0.39 is 17.8 Å². The fourth-order valence-electron chi connectivity index (χ4n) is 5.73. The van der Waals surface area contributed by atoms with Gasteiger partial charge < -0.3 is 15.4 Å². The van der Waals surface area contributed by atoms with Gasteiger partial charge >= 0.3 is 0 Å². The summed E-state index contributed by atoms with van der Waals surface area (Å²) in [6.45, 7) is 4.34. The molecule has 4 saturated heterocycles. The molecule has 5 rings (SSSR count). The minimum atomic E-state index is -0.644. The summed E-state index contributed by atoms with van der Waals surface area (Å²) in [6, 6.07) is 2.07. The van der Waals surface area contributed by atoms with E-state index in [0.29, 0.717) is 6.61 Å². The number of likely N-dealkylation sites (tertiary alicyclic amines) is 1. The van der Waals surface area contributed by atoms with Crippen molar-refractivity contribution in [3.63, 3.8) is 0 Å². The Balaban J connectivity index is 1.32. The van der Waals surface area contributed by atoms with Gasteiger partial charge in [-0.1, -0.05) is 23.2 Å². The summed E-state index contributed by atoms with van der Waals surface area (Å²) < 4.78 is 20.5. The third-order valence-electron chi connectivity index (χ3n) is 7.82. The van der Waals surface area contributed by atoms with Crippen LogP contribution in [-0.2, 0) is 9.53 Å². The summed E-state index contributed by atoms with van der Waals surface area (Å²) in [4.78, 5) is 17.4. The van der Waals surface area contributed by atoms with Crippen LogP contribution in [0.1, 0.15) is 31.4 Å². The van der Waals surface area contributed by atoms with Crippen LogP contribution in [0.25, 0.3) is 0 Å². The molecule has 4 fully saturated rings. The number of hydrogen-bond donors (Lipinski definition) is 4. The summed E-state index contributed by atoms with van der Waals surface area (Å²) in [5.41, 5.74) is 12.8. The second-order valence-electron chi connectivity index (χ2n) is 9.46. The maximum atomic E-state index is 14.7. The van der Waals surface area contributed by atoms with E-state index in [-0.39, 0.29) is 51.5 Å². The maximum absolute atomic E-state index is 14.7. The molecule has 11 heteroatoms. The topological polar surface area (TPSA) is 94.9 Å². The summed E-state index contributed by atoms with van der Waals surface area (Å²) in [6.07, 6.45) is 1.26. The van der Waals surface area contributed by atoms with Crippen LogP contribution in [-0.4, -0.2) is 67.1 Å². The standard InChI is InChI=1S/C21H29Cl2FN6O2/c1-10-17(25)21(9-32-10)5-7-30(8-6-21)20-26-18-14(19(31)29(20)2)16(27-28-18)13-12(24)4-3-11(22)15(13)23/h3-4,10,14,16-18,20,26-28H,5-9,25H2,1-2H3/t10-,14?,16?,17+,18?,20?/m0/s1. The van der Waals surface area contributed by atoms with Crippen LogP contribution in [0, 0.1) is 17.2 Å². The molecule has 5 N–H and O–H groups in total. The van der Waals surface area contributed by atoms with Gasteiger partial charge in [0, 0.05) is 37.2 Å². The Bertz CT molecular complexity index is 915. The average Bonchev–Trinajstić information content (AvgIpc) is 3.32. The van der Waals surface area contributed by atoms with Crippen LogP contribution in [0.4, 0.5) is 4.39 Å². The summed E-state index contributed by atoms with van der Waals surface area (Å²) >= 11 is 12.4. The molecule has 1 spiro atoms. The number of rotatable bonds is 2. The quantitative estimate of drug-likeness (QED) is 0.469. The van der Waals surface area contributed by atoms with E-state index in [0.717, 1.165) is 25.9 Å². The highest BCUT2D eigenvalue weighted by atomic mass is 35.5. The number of carbonyl (C=O) groups excluding carboxylic acids is 1. The normalized spacial score (nSPS) is 37.3. The first-order chi connectivity index (χ1) is 15.2. The van der Waals surface area contributed by atoms with Crippen LogP contribution in [0.2, 0.25) is 10.0 Å². The number of nitrogens with two attached hydrogens (primary N) is 1. The molecule has 1 aromatic carbocycles. The fraction of sp³-hybridized carbons (Fsp3) is 0.667. The lowest BCUT2D eigenvalue weighted by Crippen LogP contribution is -2.70. The van der Waals surface area contributed by atoms with Crippen molar-refractivity contribution in [3.05, 3.63) is 33.6 Å². The molecule has 0 aromatic heterocycles. The molecule has 0 bridgehead atoms. The molecule has 0 radical (unpaired) electrons. The van der Waals surface area contributed by atoms with Gasteiger partial charge in [0.1, 0.15) is 12.1 Å². The first-order valence-electron chi connectivity index (χ1n) is 11.0. The molecule has 0 aliphatic carbocycles. The highest BCUT2D eigenvalue weighted by Gasteiger charge is 2.53. The smallest absolute Gasteiger partial charge is 0.232 e. The van der Waals surface area contributed by atoms with Crippen molar-refractivity contribution in [2.24, 2.45) is 17.1 Å². The lowest BCUT2D eigenvalue weighted by molar-refractivity contribution is -0.151. The second-order valence-corrected chi connectivity index (χ2v) is 10.2. The van der Waals surface area contributed by atoms with Crippen LogP contribution in [0.15, 0.2) is 12.1 Å². The molecule has 32 heavy (non-hydrogen) atoms. The van der Waals surface area contributed by atoms with Gasteiger partial charge in [0.2, 0.25) is 5.91 Å². The third kappa shape index (κ3) is 3.45. The van der Waals surface area contributed by atoms with Gasteiger partial charge in [-0.2, -0.15) is 0 Å². The van der Waals surface area contributed by atoms with E-state index in [1.807, 2.05) is 6.92 Å². The van der Waals surface area contributed by atoms with Gasteiger partial charge in [-0.15, -0.1) is 0 Å². The Kier molecular flexibility index (Phi) is 5.91. The Morgan fingerprint density at radius 3 is 2.62 bits per heavy atom. The minimum Gasteiger partial charge on any atom is -0.376 e. The molecule has 8 nitrogen and oxygen atoms in total. The molecule has 4 heterocycles. The monoisotopic (exact) mass is 486 g/mol. The van der Waals surface area contributed by atoms with Crippen LogP contribution in [0.5, 0.6) is 0 Å². The molecule has 1 aromatic rings. The number of nitrogens with one attached hydrogen (secondary N) is 3. The molecule has 176 valence electrons. The molecule has 6 atom stereocenters. The number of piperidine rings is 1. The van der Waals surface area contributed by atoms with Crippen molar-refractivity contribution < 1.29 is 13.9 Å². The number of fused-ring (bicyclic) bond motifs is 1. The minimum absolute atomic E-state index is 0.00874. The Labute approximate surface area is 196 Å². The van der Waals surface area contributed by atoms with E-state index in [4.69, 9.17) is 33.7 Å². The predicted molar refractivity (Wildman–Crippen MR) is 119 cm³/mol. The number of ether oxygens (including phenoxy) is 1. The molecule has 1 amide bonds. The molecule has 4 aliphatic heterocycles. The van der Waals surface area contributed by atoms with Crippen LogP contribution >= 0.6 is 23.2 Å². The summed E-state index contributed by atoms with van der Waals surface area (Å²) in [5, 5.41) is 3.89. The molecule has 0 saturated carbocycles. The Morgan fingerprint density at radius 1 is 1.25 bits per heavy atom. The van der Waals surface area contributed by atoms with Gasteiger partial charge in [-0.25, -0.2) is 15.2 Å². The first-order valence-corrected chi connectivity index (χ1v) is 11.8. The Morgan fingerprint density at radius 2 is 1.97 bits per heavy atom. The van der Waals surface area contributed by atoms with Crippen molar-refractivity contribution in [1.29, 1.82) is 0 Å². The molecule has 4 unspecified atom stereocenters. The van der Waals surface area contributed by atoms with Gasteiger partial charge in [0.25, 0.3) is 0 Å². The predicted octanol–water partition coefficient (Wildman–Crippen LogP) is 1.40. The van der Waals surface area contributed by atoms with Gasteiger partial charge in [0.15, 0.2) is 0 Å². The molecular weight excluding hydrogens is 458 g/mol. The van der Waals surface area contributed by atoms with Gasteiger partial charge in [-0.05, 0) is 31.9 Å². The van der Waals surface area contributed by atoms with Crippen molar-refractivity contribution in [3.8, 4) is 0 Å². The van der Waals surface area contributed by atoms with Crippen molar-refractivity contribution in [2.45, 2.75) is 50.4 Å². The number of hydrogen-bond acceptors (Lipinski definition) is 7. The van der Waals surface area contributed by atoms with Crippen molar-refractivity contribution in [2.75, 3.05) is 26.7 Å². The molecular formula is C21H29Cl2FN6O2. The van der Waals surface area contributed by atoms with Crippen LogP contribution in [0.3, 0.4) is 0 Å². The zero-order valence-electron chi connectivity index (χ0n) is 18.1. The number of hydrazine groups is 1. The first kappa shape index (κ1) is 22.7. The number of halogens is 3. The zero-order chi connectivity index (χ0) is 22.8. The third-order valence-corrected chi connectivity index (χ3v) is 8.64. The van der Waals surface area contributed by atoms with Crippen molar-refractivity contribution >= 4 is 29.1 Å². The Hall–Kier alpha value is -1.04. The number of amides is 1. The average molecular weight is 487 g/mol. The number of benzene rings is 1. The van der Waals surface area contributed by atoms with Gasteiger partial charge in [0.05, 0.1) is 40.9 Å². The largest absolute Gasteiger partial charge is 0.376 e. The second kappa shape index (κ2) is 8.32. The van der Waals surface area contributed by atoms with E-state index in [1.54, 1.807) is 11.9 Å². The lowest BCUT2D eigenvalue weighted by Gasteiger charge is -2.49. The van der Waals surface area contributed by atoms with E-state index >= 15 is 0 Å². The van der Waals surface area contributed by atoms with E-state index in [1.165, 1.54) is 12.1 Å². The highest BCUT2D eigenvalue weighted by Crippen LogP contribution is 2.43. The summed E-state index contributed by atoms with van der Waals surface area (Å²) in [5.74, 6) is -1.16. The lowest BCUT2D eigenvalue weighted by atomic mass is 9.73. The van der Waals surface area contributed by atoms with Crippen LogP contribution < -0.4 is 21.9 Å². The van der Waals surface area contributed by atoms with Crippen molar-refractivity contribution in [1.82, 2.24) is 26.0 Å². The summed E-state index contributed by atoms with van der Waals surface area (Å²) in [7, 11) is 1.78. The number of nitrogens with zero attached hydrogens (tertiary/aromatic N) is 2. The molecule has 4 aliphatic rings. The van der Waals surface area contributed by atoms with Gasteiger partial charge in [-0.3, -0.25) is 15.0 Å². The zero-order valence-corrected chi connectivity index (χ0v) is 19.6.